The van der Waals surface area contributed by atoms with Crippen LogP contribution >= 0.6 is 0 Å². The van der Waals surface area contributed by atoms with E-state index in [2.05, 4.69) is 9.72 Å². The molecule has 0 atom stereocenters. The molecule has 0 aliphatic carbocycles. The summed E-state index contributed by atoms with van der Waals surface area (Å²) < 4.78 is 6.66. The second kappa shape index (κ2) is 3.96. The number of carbonyl (C=O) groups excluding carboxylic acids is 1. The zero-order chi connectivity index (χ0) is 11.7. The topological polar surface area (TPSA) is 44.1 Å². The van der Waals surface area contributed by atoms with Crippen LogP contribution in [0, 0.1) is 6.92 Å². The fourth-order valence-electron chi connectivity index (χ4n) is 1.71. The van der Waals surface area contributed by atoms with E-state index in [1.54, 1.807) is 0 Å². The minimum Gasteiger partial charge on any atom is -0.469 e. The Labute approximate surface area is 93.9 Å². The van der Waals surface area contributed by atoms with Gasteiger partial charge in [-0.1, -0.05) is 6.07 Å². The van der Waals surface area contributed by atoms with Gasteiger partial charge in [-0.2, -0.15) is 0 Å². The van der Waals surface area contributed by atoms with Crippen molar-refractivity contribution in [2.75, 3.05) is 7.11 Å². The first kappa shape index (κ1) is 10.7. The van der Waals surface area contributed by atoms with Crippen molar-refractivity contribution >= 4 is 17.0 Å². The molecular weight excluding hydrogens is 204 g/mol. The molecule has 1 heterocycles. The van der Waals surface area contributed by atoms with Crippen LogP contribution in [0.1, 0.15) is 11.4 Å². The molecule has 4 heteroatoms. The van der Waals surface area contributed by atoms with E-state index in [1.165, 1.54) is 7.11 Å². The van der Waals surface area contributed by atoms with E-state index in [0.29, 0.717) is 6.42 Å². The van der Waals surface area contributed by atoms with E-state index >= 15 is 0 Å². The largest absolute Gasteiger partial charge is 0.469 e. The zero-order valence-electron chi connectivity index (χ0n) is 9.65. The van der Waals surface area contributed by atoms with Crippen molar-refractivity contribution in [3.8, 4) is 0 Å². The van der Waals surface area contributed by atoms with Gasteiger partial charge in [-0.3, -0.25) is 4.79 Å². The van der Waals surface area contributed by atoms with Gasteiger partial charge in [0.2, 0.25) is 0 Å². The van der Waals surface area contributed by atoms with Gasteiger partial charge >= 0.3 is 5.97 Å². The molecule has 0 saturated carbocycles. The van der Waals surface area contributed by atoms with E-state index < -0.39 is 0 Å². The summed E-state index contributed by atoms with van der Waals surface area (Å²) in [4.78, 5) is 15.6. The molecule has 4 nitrogen and oxygen atoms in total. The molecule has 0 saturated heterocycles. The maximum absolute atomic E-state index is 11.1. The number of benzene rings is 1. The highest BCUT2D eigenvalue weighted by molar-refractivity contribution is 5.79. The monoisotopic (exact) mass is 218 g/mol. The van der Waals surface area contributed by atoms with Crippen molar-refractivity contribution in [3.05, 3.63) is 29.6 Å². The number of esters is 1. The first-order chi connectivity index (χ1) is 7.61. The van der Waals surface area contributed by atoms with Crippen LogP contribution in [0.2, 0.25) is 0 Å². The molecule has 2 aromatic rings. The third-order valence-corrected chi connectivity index (χ3v) is 2.74. The molecule has 0 N–H and O–H groups in total. The summed E-state index contributed by atoms with van der Waals surface area (Å²) in [6.07, 6.45) is 0.294. The summed E-state index contributed by atoms with van der Waals surface area (Å²) in [7, 11) is 3.37. The van der Waals surface area contributed by atoms with Crippen LogP contribution in [-0.4, -0.2) is 22.6 Å². The fraction of sp³-hybridized carbons (Fsp3) is 0.333. The second-order valence-electron chi connectivity index (χ2n) is 3.79. The van der Waals surface area contributed by atoms with E-state index in [9.17, 15) is 4.79 Å². The van der Waals surface area contributed by atoms with Crippen molar-refractivity contribution in [1.29, 1.82) is 0 Å². The summed E-state index contributed by atoms with van der Waals surface area (Å²) in [5.74, 6) is 0.734. The van der Waals surface area contributed by atoms with Gasteiger partial charge in [0, 0.05) is 7.05 Å². The Morgan fingerprint density at radius 1 is 1.50 bits per heavy atom. The Kier molecular flexibility index (Phi) is 2.64. The van der Waals surface area contributed by atoms with Crippen LogP contribution in [0.3, 0.4) is 0 Å². The summed E-state index contributed by atoms with van der Waals surface area (Å²) in [6, 6.07) is 5.84. The van der Waals surface area contributed by atoms with Gasteiger partial charge in [0.05, 0.1) is 24.6 Å². The molecule has 84 valence electrons. The Bertz CT molecular complexity index is 543. The molecule has 0 amide bonds. The molecule has 16 heavy (non-hydrogen) atoms. The van der Waals surface area contributed by atoms with E-state index in [4.69, 9.17) is 0 Å². The molecule has 0 bridgehead atoms. The third-order valence-electron chi connectivity index (χ3n) is 2.74. The first-order valence-corrected chi connectivity index (χ1v) is 5.10. The number of aromatic nitrogens is 2. The van der Waals surface area contributed by atoms with E-state index in [0.717, 1.165) is 22.4 Å². The highest BCUT2D eigenvalue weighted by atomic mass is 16.5. The number of fused-ring (bicyclic) bond motifs is 1. The minimum absolute atomic E-state index is 0.230. The van der Waals surface area contributed by atoms with Gasteiger partial charge in [0.25, 0.3) is 0 Å². The summed E-state index contributed by atoms with van der Waals surface area (Å²) >= 11 is 0. The number of hydrogen-bond acceptors (Lipinski definition) is 3. The smallest absolute Gasteiger partial charge is 0.309 e. The van der Waals surface area contributed by atoms with E-state index in [-0.39, 0.29) is 5.97 Å². The van der Waals surface area contributed by atoms with Crippen molar-refractivity contribution in [1.82, 2.24) is 9.55 Å². The lowest BCUT2D eigenvalue weighted by Crippen LogP contribution is -2.04. The van der Waals surface area contributed by atoms with Crippen LogP contribution < -0.4 is 0 Å². The quantitative estimate of drug-likeness (QED) is 0.719. The van der Waals surface area contributed by atoms with Gasteiger partial charge in [0.1, 0.15) is 5.82 Å². The Morgan fingerprint density at radius 2 is 2.25 bits per heavy atom. The Morgan fingerprint density at radius 3 is 2.94 bits per heavy atom. The van der Waals surface area contributed by atoms with Crippen molar-refractivity contribution in [3.63, 3.8) is 0 Å². The lowest BCUT2D eigenvalue weighted by Gasteiger charge is -2.00. The summed E-state index contributed by atoms with van der Waals surface area (Å²) in [6.45, 7) is 1.96. The number of hydrogen-bond donors (Lipinski definition) is 0. The van der Waals surface area contributed by atoms with Crippen LogP contribution in [0.4, 0.5) is 0 Å². The number of imidazole rings is 1. The third kappa shape index (κ3) is 1.78. The molecule has 2 rings (SSSR count). The number of methoxy groups -OCH3 is 1. The van der Waals surface area contributed by atoms with Gasteiger partial charge in [-0.25, -0.2) is 4.98 Å². The van der Waals surface area contributed by atoms with Crippen molar-refractivity contribution in [2.24, 2.45) is 7.05 Å². The fourth-order valence-corrected chi connectivity index (χ4v) is 1.71. The molecule has 1 aromatic heterocycles. The molecule has 0 radical (unpaired) electrons. The number of aryl methyl sites for hydroxylation is 2. The standard InChI is InChI=1S/C12H14N2O2/c1-8-13-10-6-9(7-12(15)16-3)4-5-11(10)14(8)2/h4-6H,7H2,1-3H3. The van der Waals surface area contributed by atoms with Gasteiger partial charge in [-0.05, 0) is 24.6 Å². The highest BCUT2D eigenvalue weighted by Crippen LogP contribution is 2.16. The van der Waals surface area contributed by atoms with Crippen LogP contribution in [0.15, 0.2) is 18.2 Å². The predicted molar refractivity (Wildman–Crippen MR) is 61.2 cm³/mol. The van der Waals surface area contributed by atoms with Gasteiger partial charge in [0.15, 0.2) is 0 Å². The Hall–Kier alpha value is -1.84. The molecule has 1 aromatic carbocycles. The highest BCUT2D eigenvalue weighted by Gasteiger charge is 2.07. The van der Waals surface area contributed by atoms with Crippen molar-refractivity contribution < 1.29 is 9.53 Å². The number of carbonyl (C=O) groups is 1. The molecular formula is C12H14N2O2. The molecule has 0 aliphatic rings. The first-order valence-electron chi connectivity index (χ1n) is 5.10. The van der Waals surface area contributed by atoms with Crippen LogP contribution in [0.5, 0.6) is 0 Å². The lowest BCUT2D eigenvalue weighted by atomic mass is 10.1. The second-order valence-corrected chi connectivity index (χ2v) is 3.79. The minimum atomic E-state index is -0.230. The average molecular weight is 218 g/mol. The van der Waals surface area contributed by atoms with Gasteiger partial charge < -0.3 is 9.30 Å². The predicted octanol–water partition coefficient (Wildman–Crippen LogP) is 1.60. The molecule has 0 aliphatic heterocycles. The SMILES string of the molecule is COC(=O)Cc1ccc2c(c1)nc(C)n2C. The van der Waals surface area contributed by atoms with Gasteiger partial charge in [-0.15, -0.1) is 0 Å². The molecule has 0 unspecified atom stereocenters. The molecule has 0 fully saturated rings. The number of rotatable bonds is 2. The number of ether oxygens (including phenoxy) is 1. The van der Waals surface area contributed by atoms with Crippen LogP contribution in [-0.2, 0) is 23.0 Å². The Balaban J connectivity index is 2.41. The lowest BCUT2D eigenvalue weighted by molar-refractivity contribution is -0.139. The summed E-state index contributed by atoms with van der Waals surface area (Å²) in [5, 5.41) is 0. The zero-order valence-corrected chi connectivity index (χ0v) is 9.65. The average Bonchev–Trinajstić information content (AvgIpc) is 2.54. The van der Waals surface area contributed by atoms with E-state index in [1.807, 2.05) is 36.7 Å². The number of nitrogens with zero attached hydrogens (tertiary/aromatic N) is 2. The normalized spacial score (nSPS) is 10.7. The maximum Gasteiger partial charge on any atom is 0.309 e. The van der Waals surface area contributed by atoms with Crippen LogP contribution in [0.25, 0.3) is 11.0 Å². The van der Waals surface area contributed by atoms with Crippen molar-refractivity contribution in [2.45, 2.75) is 13.3 Å². The summed E-state index contributed by atoms with van der Waals surface area (Å²) in [5.41, 5.74) is 2.92. The molecule has 0 spiro atoms. The maximum atomic E-state index is 11.1.